The first kappa shape index (κ1) is 20.1. The first-order valence-corrected chi connectivity index (χ1v) is 10.9. The van der Waals surface area contributed by atoms with E-state index >= 15 is 0 Å². The smallest absolute Gasteiger partial charge is 0.258 e. The van der Waals surface area contributed by atoms with Crippen LogP contribution < -0.4 is 4.90 Å². The summed E-state index contributed by atoms with van der Waals surface area (Å²) in [6.07, 6.45) is 0.601. The Morgan fingerprint density at radius 1 is 1.07 bits per heavy atom. The molecular weight excluding hydrogens is 407 g/mol. The molecule has 1 heterocycles. The highest BCUT2D eigenvalue weighted by molar-refractivity contribution is 7.89. The Morgan fingerprint density at radius 3 is 2.41 bits per heavy atom. The summed E-state index contributed by atoms with van der Waals surface area (Å²) in [5.74, 6) is -0.188. The molecule has 1 aliphatic heterocycles. The van der Waals surface area contributed by atoms with E-state index in [0.29, 0.717) is 41.7 Å². The lowest BCUT2D eigenvalue weighted by Crippen LogP contribution is -2.30. The summed E-state index contributed by atoms with van der Waals surface area (Å²) >= 11 is 11.9. The van der Waals surface area contributed by atoms with Crippen molar-refractivity contribution in [2.45, 2.75) is 25.2 Å². The molecule has 0 radical (unpaired) electrons. The molecule has 1 amide bonds. The van der Waals surface area contributed by atoms with E-state index in [9.17, 15) is 13.2 Å². The van der Waals surface area contributed by atoms with Crippen molar-refractivity contribution in [3.8, 4) is 0 Å². The van der Waals surface area contributed by atoms with Gasteiger partial charge in [0.25, 0.3) is 5.91 Å². The monoisotopic (exact) mass is 426 g/mol. The third-order valence-electron chi connectivity index (χ3n) is 4.70. The number of amides is 1. The average Bonchev–Trinajstić information content (AvgIpc) is 3.07. The summed E-state index contributed by atoms with van der Waals surface area (Å²) < 4.78 is 26.9. The van der Waals surface area contributed by atoms with Crippen LogP contribution >= 0.6 is 23.2 Å². The highest BCUT2D eigenvalue weighted by Crippen LogP contribution is 2.33. The van der Waals surface area contributed by atoms with Crippen LogP contribution in [-0.2, 0) is 16.4 Å². The summed E-state index contributed by atoms with van der Waals surface area (Å²) in [5, 5.41) is 0.712. The fourth-order valence-corrected chi connectivity index (χ4v) is 5.05. The minimum atomic E-state index is -3.53. The highest BCUT2D eigenvalue weighted by Gasteiger charge is 2.29. The summed E-state index contributed by atoms with van der Waals surface area (Å²) in [6, 6.07) is 9.71. The Balaban J connectivity index is 1.92. The number of hydrogen-bond donors (Lipinski definition) is 0. The summed E-state index contributed by atoms with van der Waals surface area (Å²) in [7, 11) is -3.53. The molecule has 0 fully saturated rings. The summed E-state index contributed by atoms with van der Waals surface area (Å²) in [6.45, 7) is 4.94. The average molecular weight is 427 g/mol. The van der Waals surface area contributed by atoms with Gasteiger partial charge < -0.3 is 4.90 Å². The first-order chi connectivity index (χ1) is 12.8. The lowest BCUT2D eigenvalue weighted by molar-refractivity contribution is 0.0989. The van der Waals surface area contributed by atoms with Crippen LogP contribution in [0.2, 0.25) is 10.0 Å². The van der Waals surface area contributed by atoms with Gasteiger partial charge in [0.15, 0.2) is 0 Å². The highest BCUT2D eigenvalue weighted by atomic mass is 35.5. The minimum Gasteiger partial charge on any atom is -0.308 e. The van der Waals surface area contributed by atoms with Gasteiger partial charge in [-0.2, -0.15) is 4.31 Å². The van der Waals surface area contributed by atoms with Crippen molar-refractivity contribution in [3.05, 3.63) is 57.6 Å². The first-order valence-electron chi connectivity index (χ1n) is 8.69. The Hall–Kier alpha value is -1.60. The van der Waals surface area contributed by atoms with Crippen LogP contribution in [0.25, 0.3) is 0 Å². The summed E-state index contributed by atoms with van der Waals surface area (Å²) in [4.78, 5) is 14.8. The van der Waals surface area contributed by atoms with Gasteiger partial charge in [-0.25, -0.2) is 8.42 Å². The van der Waals surface area contributed by atoms with Crippen LogP contribution in [0.3, 0.4) is 0 Å². The SMILES string of the molecule is CCN(CC)S(=O)(=O)c1ccc2c(c1)CCN2C(=O)c1ccc(Cl)c(Cl)c1. The predicted molar refractivity (Wildman–Crippen MR) is 108 cm³/mol. The van der Waals surface area contributed by atoms with Crippen LogP contribution in [0.15, 0.2) is 41.3 Å². The van der Waals surface area contributed by atoms with Crippen molar-refractivity contribution >= 4 is 44.8 Å². The van der Waals surface area contributed by atoms with Crippen LogP contribution in [0.1, 0.15) is 29.8 Å². The normalized spacial score (nSPS) is 13.9. The van der Waals surface area contributed by atoms with Crippen LogP contribution in [0.5, 0.6) is 0 Å². The number of carbonyl (C=O) groups excluding carboxylic acids is 1. The predicted octanol–water partition coefficient (Wildman–Crippen LogP) is 4.23. The number of halogens is 2. The maximum atomic E-state index is 12.9. The molecule has 0 unspecified atom stereocenters. The van der Waals surface area contributed by atoms with Crippen LogP contribution in [0, 0.1) is 0 Å². The fourth-order valence-electron chi connectivity index (χ4n) is 3.25. The van der Waals surface area contributed by atoms with E-state index in [4.69, 9.17) is 23.2 Å². The number of fused-ring (bicyclic) bond motifs is 1. The van der Waals surface area contributed by atoms with Crippen LogP contribution in [-0.4, -0.2) is 38.3 Å². The van der Waals surface area contributed by atoms with E-state index in [1.807, 2.05) is 13.8 Å². The minimum absolute atomic E-state index is 0.188. The zero-order chi connectivity index (χ0) is 19.8. The number of carbonyl (C=O) groups is 1. The molecule has 8 heteroatoms. The van der Waals surface area contributed by atoms with Crippen LogP contribution in [0.4, 0.5) is 5.69 Å². The number of anilines is 1. The third kappa shape index (κ3) is 3.72. The molecule has 0 saturated heterocycles. The number of sulfonamides is 1. The number of benzene rings is 2. The maximum absolute atomic E-state index is 12.9. The second-order valence-corrected chi connectivity index (χ2v) is 8.97. The molecule has 27 heavy (non-hydrogen) atoms. The van der Waals surface area contributed by atoms with E-state index in [1.54, 1.807) is 41.3 Å². The molecule has 3 rings (SSSR count). The van der Waals surface area contributed by atoms with Crippen molar-refractivity contribution in [1.82, 2.24) is 4.31 Å². The molecule has 0 aliphatic carbocycles. The number of nitrogens with zero attached hydrogens (tertiary/aromatic N) is 2. The van der Waals surface area contributed by atoms with Gasteiger partial charge in [-0.15, -0.1) is 0 Å². The van der Waals surface area contributed by atoms with Gasteiger partial charge in [0, 0.05) is 30.9 Å². The topological polar surface area (TPSA) is 57.7 Å². The number of hydrogen-bond acceptors (Lipinski definition) is 3. The van der Waals surface area contributed by atoms with E-state index < -0.39 is 10.0 Å². The Labute approximate surface area is 169 Å². The standard InChI is InChI=1S/C19H20Cl2N2O3S/c1-3-22(4-2)27(25,26)15-6-8-18-13(11-15)9-10-23(18)19(24)14-5-7-16(20)17(21)12-14/h5-8,11-12H,3-4,9-10H2,1-2H3. The Bertz CT molecular complexity index is 988. The molecule has 0 spiro atoms. The summed E-state index contributed by atoms with van der Waals surface area (Å²) in [5.41, 5.74) is 2.01. The lowest BCUT2D eigenvalue weighted by atomic mass is 10.1. The lowest BCUT2D eigenvalue weighted by Gasteiger charge is -2.20. The van der Waals surface area contributed by atoms with E-state index in [2.05, 4.69) is 0 Å². The molecule has 0 bridgehead atoms. The van der Waals surface area contributed by atoms with Crippen molar-refractivity contribution in [1.29, 1.82) is 0 Å². The van der Waals surface area contributed by atoms with E-state index in [-0.39, 0.29) is 10.8 Å². The molecule has 0 aromatic heterocycles. The van der Waals surface area contributed by atoms with Gasteiger partial charge >= 0.3 is 0 Å². The fraction of sp³-hybridized carbons (Fsp3) is 0.316. The second kappa shape index (κ2) is 7.80. The van der Waals surface area contributed by atoms with Crippen molar-refractivity contribution in [2.24, 2.45) is 0 Å². The molecular formula is C19H20Cl2N2O3S. The second-order valence-electron chi connectivity index (χ2n) is 6.22. The zero-order valence-electron chi connectivity index (χ0n) is 15.1. The Morgan fingerprint density at radius 2 is 1.78 bits per heavy atom. The third-order valence-corrected chi connectivity index (χ3v) is 7.49. The molecule has 1 aliphatic rings. The zero-order valence-corrected chi connectivity index (χ0v) is 17.4. The molecule has 0 atom stereocenters. The van der Waals surface area contributed by atoms with Gasteiger partial charge in [-0.1, -0.05) is 37.0 Å². The van der Waals surface area contributed by atoms with Crippen molar-refractivity contribution < 1.29 is 13.2 Å². The largest absolute Gasteiger partial charge is 0.308 e. The van der Waals surface area contributed by atoms with Gasteiger partial charge in [-0.3, -0.25) is 4.79 Å². The quantitative estimate of drug-likeness (QED) is 0.718. The van der Waals surface area contributed by atoms with Crippen molar-refractivity contribution in [2.75, 3.05) is 24.5 Å². The molecule has 0 N–H and O–H groups in total. The molecule has 2 aromatic rings. The Kier molecular flexibility index (Phi) is 5.82. The van der Waals surface area contributed by atoms with E-state index in [1.165, 1.54) is 4.31 Å². The van der Waals surface area contributed by atoms with E-state index in [0.717, 1.165) is 11.3 Å². The van der Waals surface area contributed by atoms with Crippen molar-refractivity contribution in [3.63, 3.8) is 0 Å². The molecule has 2 aromatic carbocycles. The van der Waals surface area contributed by atoms with Gasteiger partial charge in [-0.05, 0) is 48.4 Å². The molecule has 0 saturated carbocycles. The van der Waals surface area contributed by atoms with Gasteiger partial charge in [0.1, 0.15) is 0 Å². The maximum Gasteiger partial charge on any atom is 0.258 e. The molecule has 5 nitrogen and oxygen atoms in total. The van der Waals surface area contributed by atoms with Gasteiger partial charge in [0.05, 0.1) is 14.9 Å². The van der Waals surface area contributed by atoms with Gasteiger partial charge in [0.2, 0.25) is 10.0 Å². The molecule has 144 valence electrons. The number of rotatable bonds is 5.